The van der Waals surface area contributed by atoms with Crippen molar-refractivity contribution in [1.29, 1.82) is 0 Å². The summed E-state index contributed by atoms with van der Waals surface area (Å²) < 4.78 is 27.0. The van der Waals surface area contributed by atoms with Gasteiger partial charge in [0, 0.05) is 6.04 Å². The smallest absolute Gasteiger partial charge is 0.243 e. The third kappa shape index (κ3) is 2.62. The molecule has 0 spiro atoms. The minimum Gasteiger partial charge on any atom is -0.368 e. The molecule has 18 heavy (non-hydrogen) atoms. The summed E-state index contributed by atoms with van der Waals surface area (Å²) in [5.74, 6) is 0.0650. The van der Waals surface area contributed by atoms with E-state index < -0.39 is 10.0 Å². The molecule has 6 nitrogen and oxygen atoms in total. The summed E-state index contributed by atoms with van der Waals surface area (Å²) in [4.78, 5) is 7.46. The Labute approximate surface area is 107 Å². The third-order valence-electron chi connectivity index (χ3n) is 3.51. The molecule has 0 amide bonds. The Hall–Kier alpha value is -1.21. The van der Waals surface area contributed by atoms with Crippen LogP contribution in [0.2, 0.25) is 0 Å². The minimum absolute atomic E-state index is 0.0122. The first-order valence-electron chi connectivity index (χ1n) is 5.91. The summed E-state index contributed by atoms with van der Waals surface area (Å²) in [6.07, 6.45) is 5.39. The van der Waals surface area contributed by atoms with Gasteiger partial charge in [-0.1, -0.05) is 20.3 Å². The van der Waals surface area contributed by atoms with E-state index in [-0.39, 0.29) is 22.3 Å². The first-order valence-corrected chi connectivity index (χ1v) is 7.39. The van der Waals surface area contributed by atoms with Crippen molar-refractivity contribution in [3.05, 3.63) is 12.4 Å². The van der Waals surface area contributed by atoms with Gasteiger partial charge in [-0.2, -0.15) is 0 Å². The molecule has 1 aromatic rings. The molecular weight excluding hydrogens is 252 g/mol. The van der Waals surface area contributed by atoms with Crippen molar-refractivity contribution in [3.8, 4) is 0 Å². The molecule has 1 atom stereocenters. The van der Waals surface area contributed by atoms with Crippen molar-refractivity contribution in [3.63, 3.8) is 0 Å². The number of nitrogens with zero attached hydrogens (tertiary/aromatic N) is 2. The summed E-state index contributed by atoms with van der Waals surface area (Å²) in [5.41, 5.74) is 5.33. The Balaban J connectivity index is 2.20. The second kappa shape index (κ2) is 4.47. The van der Waals surface area contributed by atoms with Crippen LogP contribution < -0.4 is 10.5 Å². The van der Waals surface area contributed by atoms with Gasteiger partial charge in [-0.25, -0.2) is 23.1 Å². The Morgan fingerprint density at radius 1 is 1.39 bits per heavy atom. The molecule has 0 bridgehead atoms. The van der Waals surface area contributed by atoms with Crippen molar-refractivity contribution in [2.45, 2.75) is 44.0 Å². The van der Waals surface area contributed by atoms with Gasteiger partial charge in [0.1, 0.15) is 4.90 Å². The van der Waals surface area contributed by atoms with Crippen LogP contribution in [0.15, 0.2) is 17.3 Å². The van der Waals surface area contributed by atoms with E-state index in [0.29, 0.717) is 0 Å². The number of hydrogen-bond acceptors (Lipinski definition) is 5. The maximum Gasteiger partial charge on any atom is 0.243 e. The maximum atomic E-state index is 12.2. The molecule has 1 heterocycles. The summed E-state index contributed by atoms with van der Waals surface area (Å²) >= 11 is 0. The topological polar surface area (TPSA) is 98.0 Å². The van der Waals surface area contributed by atoms with E-state index in [2.05, 4.69) is 28.5 Å². The minimum atomic E-state index is -3.56. The van der Waals surface area contributed by atoms with Crippen molar-refractivity contribution >= 4 is 16.0 Å². The fraction of sp³-hybridized carbons (Fsp3) is 0.636. The summed E-state index contributed by atoms with van der Waals surface area (Å²) in [6, 6.07) is -0.0416. The standard InChI is InChI=1S/C11H18N4O2S/c1-11(2)5-3-4-9(11)15-18(16,17)8-6-13-10(12)14-7-8/h6-7,9,15H,3-5H2,1-2H3,(H2,12,13,14). The fourth-order valence-corrected chi connectivity index (χ4v) is 3.60. The molecule has 100 valence electrons. The van der Waals surface area contributed by atoms with Crippen LogP contribution >= 0.6 is 0 Å². The molecule has 3 N–H and O–H groups in total. The lowest BCUT2D eigenvalue weighted by molar-refractivity contribution is 0.313. The zero-order valence-electron chi connectivity index (χ0n) is 10.5. The van der Waals surface area contributed by atoms with Crippen molar-refractivity contribution in [2.75, 3.05) is 5.73 Å². The average molecular weight is 270 g/mol. The van der Waals surface area contributed by atoms with E-state index in [9.17, 15) is 8.42 Å². The Morgan fingerprint density at radius 3 is 2.50 bits per heavy atom. The van der Waals surface area contributed by atoms with Crippen LogP contribution in [0.3, 0.4) is 0 Å². The zero-order valence-corrected chi connectivity index (χ0v) is 11.4. The van der Waals surface area contributed by atoms with Gasteiger partial charge in [0.15, 0.2) is 0 Å². The van der Waals surface area contributed by atoms with Gasteiger partial charge in [0.25, 0.3) is 0 Å². The van der Waals surface area contributed by atoms with Crippen LogP contribution in [0, 0.1) is 5.41 Å². The lowest BCUT2D eigenvalue weighted by Gasteiger charge is -2.27. The highest BCUT2D eigenvalue weighted by atomic mass is 32.2. The average Bonchev–Trinajstić information content (AvgIpc) is 2.58. The largest absolute Gasteiger partial charge is 0.368 e. The number of hydrogen-bond donors (Lipinski definition) is 2. The number of nitrogen functional groups attached to an aromatic ring is 1. The molecule has 7 heteroatoms. The summed E-state index contributed by atoms with van der Waals surface area (Å²) in [6.45, 7) is 4.15. The predicted octanol–water partition coefficient (Wildman–Crippen LogP) is 0.916. The fourth-order valence-electron chi connectivity index (χ4n) is 2.27. The van der Waals surface area contributed by atoms with E-state index in [4.69, 9.17) is 5.73 Å². The molecule has 0 aliphatic heterocycles. The third-order valence-corrected chi connectivity index (χ3v) is 4.94. The normalized spacial score (nSPS) is 23.1. The van der Waals surface area contributed by atoms with Gasteiger partial charge < -0.3 is 5.73 Å². The monoisotopic (exact) mass is 270 g/mol. The Bertz CT molecular complexity index is 524. The number of nitrogens with one attached hydrogen (secondary N) is 1. The van der Waals surface area contributed by atoms with Crippen LogP contribution in [0.25, 0.3) is 0 Å². The van der Waals surface area contributed by atoms with E-state index in [1.54, 1.807) is 0 Å². The molecule has 1 aromatic heterocycles. The maximum absolute atomic E-state index is 12.2. The van der Waals surface area contributed by atoms with Crippen molar-refractivity contribution in [2.24, 2.45) is 5.41 Å². The van der Waals surface area contributed by atoms with Gasteiger partial charge in [0.05, 0.1) is 12.4 Å². The van der Waals surface area contributed by atoms with Crippen LogP contribution in [0.5, 0.6) is 0 Å². The van der Waals surface area contributed by atoms with E-state index >= 15 is 0 Å². The highest BCUT2D eigenvalue weighted by molar-refractivity contribution is 7.89. The molecule has 1 aliphatic carbocycles. The lowest BCUT2D eigenvalue weighted by Crippen LogP contribution is -2.41. The number of rotatable bonds is 3. The van der Waals surface area contributed by atoms with Crippen molar-refractivity contribution < 1.29 is 8.42 Å². The first-order chi connectivity index (χ1) is 8.31. The predicted molar refractivity (Wildman–Crippen MR) is 68.2 cm³/mol. The Kier molecular flexibility index (Phi) is 3.29. The molecule has 1 aliphatic rings. The number of nitrogens with two attached hydrogens (primary N) is 1. The molecule has 0 aromatic carbocycles. The van der Waals surface area contributed by atoms with Gasteiger partial charge >= 0.3 is 0 Å². The van der Waals surface area contributed by atoms with E-state index in [0.717, 1.165) is 19.3 Å². The SMILES string of the molecule is CC1(C)CCCC1NS(=O)(=O)c1cnc(N)nc1. The van der Waals surface area contributed by atoms with Crippen LogP contribution in [0.1, 0.15) is 33.1 Å². The van der Waals surface area contributed by atoms with Crippen molar-refractivity contribution in [1.82, 2.24) is 14.7 Å². The van der Waals surface area contributed by atoms with Gasteiger partial charge in [-0.05, 0) is 18.3 Å². The van der Waals surface area contributed by atoms with E-state index in [1.165, 1.54) is 12.4 Å². The molecular formula is C11H18N4O2S. The summed E-state index contributed by atoms with van der Waals surface area (Å²) in [5, 5.41) is 0. The zero-order chi connectivity index (χ0) is 13.4. The van der Waals surface area contributed by atoms with Gasteiger partial charge in [-0.15, -0.1) is 0 Å². The second-order valence-electron chi connectivity index (χ2n) is 5.33. The molecule has 0 saturated heterocycles. The number of aromatic nitrogens is 2. The quantitative estimate of drug-likeness (QED) is 0.851. The number of sulfonamides is 1. The van der Waals surface area contributed by atoms with Crippen LogP contribution in [0.4, 0.5) is 5.95 Å². The molecule has 1 fully saturated rings. The van der Waals surface area contributed by atoms with Gasteiger partial charge in [-0.3, -0.25) is 0 Å². The first kappa shape index (κ1) is 13.2. The molecule has 1 saturated carbocycles. The lowest BCUT2D eigenvalue weighted by atomic mass is 9.88. The summed E-state index contributed by atoms with van der Waals surface area (Å²) in [7, 11) is -3.56. The Morgan fingerprint density at radius 2 is 2.00 bits per heavy atom. The van der Waals surface area contributed by atoms with Crippen LogP contribution in [-0.2, 0) is 10.0 Å². The second-order valence-corrected chi connectivity index (χ2v) is 7.05. The molecule has 1 unspecified atom stereocenters. The highest BCUT2D eigenvalue weighted by Gasteiger charge is 2.37. The van der Waals surface area contributed by atoms with Crippen LogP contribution in [-0.4, -0.2) is 24.4 Å². The highest BCUT2D eigenvalue weighted by Crippen LogP contribution is 2.37. The number of anilines is 1. The molecule has 2 rings (SSSR count). The van der Waals surface area contributed by atoms with Gasteiger partial charge in [0.2, 0.25) is 16.0 Å². The van der Waals surface area contributed by atoms with E-state index in [1.807, 2.05) is 0 Å². The molecule has 0 radical (unpaired) electrons.